The summed E-state index contributed by atoms with van der Waals surface area (Å²) >= 11 is 0. The van der Waals surface area contributed by atoms with E-state index < -0.39 is 0 Å². The third kappa shape index (κ3) is 1.32. The molecule has 1 heteroatoms. The van der Waals surface area contributed by atoms with Crippen LogP contribution in [0.15, 0.2) is 0 Å². The molecule has 1 aliphatic heterocycles. The van der Waals surface area contributed by atoms with Crippen molar-refractivity contribution in [3.8, 4) is 0 Å². The van der Waals surface area contributed by atoms with Gasteiger partial charge in [0.25, 0.3) is 0 Å². The van der Waals surface area contributed by atoms with E-state index in [1.807, 2.05) is 0 Å². The van der Waals surface area contributed by atoms with Gasteiger partial charge in [0, 0.05) is 12.6 Å². The van der Waals surface area contributed by atoms with Crippen LogP contribution in [0.2, 0.25) is 0 Å². The molecule has 1 N–H and O–H groups in total. The lowest BCUT2D eigenvalue weighted by molar-refractivity contribution is 0.00374. The molecule has 1 spiro atoms. The highest BCUT2D eigenvalue weighted by molar-refractivity contribution is 5.06. The third-order valence-corrected chi connectivity index (χ3v) is 5.05. The highest BCUT2D eigenvalue weighted by atomic mass is 15.1. The fourth-order valence-corrected chi connectivity index (χ4v) is 4.21. The second-order valence-electron chi connectivity index (χ2n) is 5.83. The Morgan fingerprint density at radius 1 is 0.857 bits per heavy atom. The van der Waals surface area contributed by atoms with Gasteiger partial charge in [0.15, 0.2) is 0 Å². The summed E-state index contributed by atoms with van der Waals surface area (Å²) in [6.45, 7) is 1.34. The minimum Gasteiger partial charge on any atom is -0.312 e. The molecule has 0 amide bonds. The molecule has 0 aromatic heterocycles. The van der Waals surface area contributed by atoms with Crippen molar-refractivity contribution in [1.29, 1.82) is 0 Å². The SMILES string of the molecule is C1CCC2(CC1)CNC2C1CCCC1. The first-order valence-electron chi connectivity index (χ1n) is 6.64. The molecule has 0 bridgehead atoms. The summed E-state index contributed by atoms with van der Waals surface area (Å²) in [7, 11) is 0. The van der Waals surface area contributed by atoms with E-state index in [9.17, 15) is 0 Å². The van der Waals surface area contributed by atoms with Crippen molar-refractivity contribution in [2.24, 2.45) is 11.3 Å². The van der Waals surface area contributed by atoms with Crippen molar-refractivity contribution in [3.05, 3.63) is 0 Å². The van der Waals surface area contributed by atoms with Crippen LogP contribution in [-0.4, -0.2) is 12.6 Å². The Kier molecular flexibility index (Phi) is 2.31. The summed E-state index contributed by atoms with van der Waals surface area (Å²) in [5, 5.41) is 3.75. The Bertz CT molecular complexity index is 199. The van der Waals surface area contributed by atoms with Gasteiger partial charge in [0.05, 0.1) is 0 Å². The largest absolute Gasteiger partial charge is 0.312 e. The van der Waals surface area contributed by atoms with Gasteiger partial charge >= 0.3 is 0 Å². The fourth-order valence-electron chi connectivity index (χ4n) is 4.21. The molecule has 3 rings (SSSR count). The molecule has 0 aromatic carbocycles. The van der Waals surface area contributed by atoms with Gasteiger partial charge in [-0.3, -0.25) is 0 Å². The monoisotopic (exact) mass is 193 g/mol. The summed E-state index contributed by atoms with van der Waals surface area (Å²) < 4.78 is 0. The van der Waals surface area contributed by atoms with Crippen molar-refractivity contribution < 1.29 is 0 Å². The van der Waals surface area contributed by atoms with Crippen molar-refractivity contribution in [2.45, 2.75) is 63.8 Å². The molecule has 1 heterocycles. The summed E-state index contributed by atoms with van der Waals surface area (Å²) in [6.07, 6.45) is 13.6. The predicted octanol–water partition coefficient (Wildman–Crippen LogP) is 3.10. The maximum Gasteiger partial charge on any atom is 0.0164 e. The molecular formula is C13H23N. The average Bonchev–Trinajstić information content (AvgIpc) is 2.71. The van der Waals surface area contributed by atoms with Crippen LogP contribution in [0.1, 0.15) is 57.8 Å². The lowest BCUT2D eigenvalue weighted by Crippen LogP contribution is -2.65. The van der Waals surface area contributed by atoms with E-state index in [2.05, 4.69) is 5.32 Å². The Balaban J connectivity index is 1.68. The number of rotatable bonds is 1. The average molecular weight is 193 g/mol. The van der Waals surface area contributed by atoms with Crippen LogP contribution in [0.3, 0.4) is 0 Å². The van der Waals surface area contributed by atoms with Crippen LogP contribution < -0.4 is 5.32 Å². The normalized spacial score (nSPS) is 37.3. The molecule has 14 heavy (non-hydrogen) atoms. The Hall–Kier alpha value is -0.0400. The lowest BCUT2D eigenvalue weighted by Gasteiger charge is -2.55. The van der Waals surface area contributed by atoms with Crippen LogP contribution in [0.4, 0.5) is 0 Å². The zero-order chi connectivity index (χ0) is 9.43. The predicted molar refractivity (Wildman–Crippen MR) is 59.3 cm³/mol. The Morgan fingerprint density at radius 2 is 1.57 bits per heavy atom. The quantitative estimate of drug-likeness (QED) is 0.675. The van der Waals surface area contributed by atoms with Crippen LogP contribution >= 0.6 is 0 Å². The zero-order valence-corrected chi connectivity index (χ0v) is 9.23. The molecule has 0 radical (unpaired) electrons. The molecule has 0 aromatic rings. The zero-order valence-electron chi connectivity index (χ0n) is 9.23. The van der Waals surface area contributed by atoms with E-state index in [4.69, 9.17) is 0 Å². The first-order chi connectivity index (χ1) is 6.91. The molecular weight excluding hydrogens is 170 g/mol. The molecule has 1 nitrogen and oxygen atoms in total. The molecule has 1 unspecified atom stereocenters. The smallest absolute Gasteiger partial charge is 0.0164 e. The Morgan fingerprint density at radius 3 is 2.14 bits per heavy atom. The minimum atomic E-state index is 0.771. The summed E-state index contributed by atoms with van der Waals surface area (Å²) in [6, 6.07) is 0.922. The van der Waals surface area contributed by atoms with E-state index in [1.54, 1.807) is 0 Å². The number of hydrogen-bond donors (Lipinski definition) is 1. The fraction of sp³-hybridized carbons (Fsp3) is 1.00. The topological polar surface area (TPSA) is 12.0 Å². The molecule has 2 aliphatic carbocycles. The number of hydrogen-bond acceptors (Lipinski definition) is 1. The highest BCUT2D eigenvalue weighted by Gasteiger charge is 2.49. The third-order valence-electron chi connectivity index (χ3n) is 5.05. The second-order valence-corrected chi connectivity index (χ2v) is 5.83. The van der Waals surface area contributed by atoms with Gasteiger partial charge in [0.1, 0.15) is 0 Å². The lowest BCUT2D eigenvalue weighted by atomic mass is 9.60. The van der Waals surface area contributed by atoms with Gasteiger partial charge in [-0.2, -0.15) is 0 Å². The molecule has 3 aliphatic rings. The van der Waals surface area contributed by atoms with Crippen LogP contribution in [-0.2, 0) is 0 Å². The van der Waals surface area contributed by atoms with Gasteiger partial charge < -0.3 is 5.32 Å². The molecule has 1 saturated heterocycles. The Labute approximate surface area is 87.7 Å². The van der Waals surface area contributed by atoms with E-state index in [0.29, 0.717) is 0 Å². The van der Waals surface area contributed by atoms with Crippen LogP contribution in [0.25, 0.3) is 0 Å². The van der Waals surface area contributed by atoms with E-state index in [0.717, 1.165) is 17.4 Å². The van der Waals surface area contributed by atoms with Crippen LogP contribution in [0, 0.1) is 11.3 Å². The van der Waals surface area contributed by atoms with E-state index in [-0.39, 0.29) is 0 Å². The van der Waals surface area contributed by atoms with Crippen molar-refractivity contribution in [2.75, 3.05) is 6.54 Å². The maximum absolute atomic E-state index is 3.75. The number of nitrogens with one attached hydrogen (secondary N) is 1. The van der Waals surface area contributed by atoms with Crippen molar-refractivity contribution >= 4 is 0 Å². The van der Waals surface area contributed by atoms with Gasteiger partial charge in [0.2, 0.25) is 0 Å². The van der Waals surface area contributed by atoms with Gasteiger partial charge in [-0.05, 0) is 37.0 Å². The van der Waals surface area contributed by atoms with Gasteiger partial charge in [-0.25, -0.2) is 0 Å². The molecule has 1 atom stereocenters. The molecule has 3 fully saturated rings. The summed E-state index contributed by atoms with van der Waals surface area (Å²) in [4.78, 5) is 0. The summed E-state index contributed by atoms with van der Waals surface area (Å²) in [5.41, 5.74) is 0.771. The van der Waals surface area contributed by atoms with Gasteiger partial charge in [-0.15, -0.1) is 0 Å². The van der Waals surface area contributed by atoms with E-state index in [1.165, 1.54) is 64.3 Å². The van der Waals surface area contributed by atoms with Crippen molar-refractivity contribution in [3.63, 3.8) is 0 Å². The molecule has 2 saturated carbocycles. The first-order valence-corrected chi connectivity index (χ1v) is 6.64. The van der Waals surface area contributed by atoms with Crippen LogP contribution in [0.5, 0.6) is 0 Å². The highest BCUT2D eigenvalue weighted by Crippen LogP contribution is 2.49. The first kappa shape index (κ1) is 9.21. The minimum absolute atomic E-state index is 0.771. The summed E-state index contributed by atoms with van der Waals surface area (Å²) in [5.74, 6) is 1.04. The molecule has 80 valence electrons. The van der Waals surface area contributed by atoms with Crippen molar-refractivity contribution in [1.82, 2.24) is 5.32 Å². The second kappa shape index (κ2) is 3.52. The maximum atomic E-state index is 3.75. The van der Waals surface area contributed by atoms with E-state index >= 15 is 0 Å². The standard InChI is InChI=1S/C13H23N/c1-4-8-13(9-5-1)10-14-12(13)11-6-2-3-7-11/h11-12,14H,1-10H2. The van der Waals surface area contributed by atoms with Gasteiger partial charge in [-0.1, -0.05) is 32.1 Å².